The first-order valence-corrected chi connectivity index (χ1v) is 21.0. The first kappa shape index (κ1) is 50.0. The molecule has 0 saturated heterocycles. The lowest BCUT2D eigenvalue weighted by Gasteiger charge is -2.56. The summed E-state index contributed by atoms with van der Waals surface area (Å²) < 4.78 is 37.3. The van der Waals surface area contributed by atoms with Gasteiger partial charge in [0.1, 0.15) is 0 Å². The Morgan fingerprint density at radius 1 is 0.380 bits per heavy atom. The van der Waals surface area contributed by atoms with Gasteiger partial charge in [-0.1, -0.05) is 125 Å². The fourth-order valence-corrected chi connectivity index (χ4v) is 9.59. The molecule has 0 saturated carbocycles. The van der Waals surface area contributed by atoms with E-state index in [1.165, 1.54) is 0 Å². The molecule has 0 aromatic rings. The topological polar surface area (TPSA) is 54.5 Å². The van der Waals surface area contributed by atoms with Crippen molar-refractivity contribution in [3.63, 3.8) is 0 Å². The second-order valence-electron chi connectivity index (χ2n) is 23.7. The van der Waals surface area contributed by atoms with Gasteiger partial charge in [-0.25, -0.2) is 4.57 Å². The fourth-order valence-electron chi connectivity index (χ4n) is 7.75. The van der Waals surface area contributed by atoms with Crippen molar-refractivity contribution in [2.75, 3.05) is 0 Å². The minimum absolute atomic E-state index is 0.0345. The summed E-state index contributed by atoms with van der Waals surface area (Å²) >= 11 is 0. The van der Waals surface area contributed by atoms with Crippen molar-refractivity contribution in [2.24, 2.45) is 32.5 Å². The third kappa shape index (κ3) is 13.1. The Kier molecular flexibility index (Phi) is 16.0. The molecule has 0 spiro atoms. The van der Waals surface area contributed by atoms with Gasteiger partial charge in [0.2, 0.25) is 0 Å². The fraction of sp³-hybridized carbons (Fsp3) is 1.00. The highest BCUT2D eigenvalue weighted by molar-refractivity contribution is 7.48. The molecule has 302 valence electrons. The zero-order valence-corrected chi connectivity index (χ0v) is 39.7. The van der Waals surface area contributed by atoms with Gasteiger partial charge in [0, 0.05) is 34.7 Å². The van der Waals surface area contributed by atoms with Crippen molar-refractivity contribution in [3.05, 3.63) is 0 Å². The van der Waals surface area contributed by atoms with Gasteiger partial charge in [0.05, 0.1) is 0 Å². The maximum Gasteiger partial charge on any atom is 0.525 e. The molecule has 0 N–H and O–H groups in total. The van der Waals surface area contributed by atoms with E-state index in [0.717, 1.165) is 19.3 Å². The van der Waals surface area contributed by atoms with E-state index in [1.807, 2.05) is 15.2 Å². The molecule has 50 heavy (non-hydrogen) atoms. The van der Waals surface area contributed by atoms with Gasteiger partial charge in [-0.15, -0.1) is 0 Å². The summed E-state index contributed by atoms with van der Waals surface area (Å²) in [5.74, 6) is 0. The van der Waals surface area contributed by atoms with Crippen molar-refractivity contribution >= 4 is 7.82 Å². The van der Waals surface area contributed by atoms with Gasteiger partial charge in [-0.2, -0.15) is 29.1 Å². The summed E-state index contributed by atoms with van der Waals surface area (Å²) in [5.41, 5.74) is -2.46. The zero-order valence-electron chi connectivity index (χ0n) is 38.8. The molecule has 0 aliphatic heterocycles. The number of hydroxylamine groups is 6. The van der Waals surface area contributed by atoms with Crippen LogP contribution in [-0.4, -0.2) is 49.9 Å². The Bertz CT molecular complexity index is 973. The van der Waals surface area contributed by atoms with E-state index < -0.39 is 24.4 Å². The smallest absolute Gasteiger partial charge is 0.223 e. The van der Waals surface area contributed by atoms with Crippen LogP contribution in [-0.2, 0) is 18.4 Å². The van der Waals surface area contributed by atoms with Gasteiger partial charge in [-0.05, 0) is 114 Å². The van der Waals surface area contributed by atoms with Gasteiger partial charge < -0.3 is 0 Å². The Morgan fingerprint density at radius 2 is 0.540 bits per heavy atom. The summed E-state index contributed by atoms with van der Waals surface area (Å²) in [7, 11) is -4.47. The van der Waals surface area contributed by atoms with Crippen molar-refractivity contribution in [2.45, 2.75) is 241 Å². The number of hydrogen-bond donors (Lipinski definition) is 0. The Morgan fingerprint density at radius 3 is 0.640 bits per heavy atom. The average Bonchev–Trinajstić information content (AvgIpc) is 2.78. The largest absolute Gasteiger partial charge is 0.525 e. The highest BCUT2D eigenvalue weighted by atomic mass is 31.2. The van der Waals surface area contributed by atoms with E-state index in [1.54, 1.807) is 0 Å². The highest BCUT2D eigenvalue weighted by Gasteiger charge is 2.56. The molecule has 0 radical (unpaired) electrons. The van der Waals surface area contributed by atoms with Crippen molar-refractivity contribution in [1.29, 1.82) is 0 Å². The monoisotopic (exact) mass is 732 g/mol. The average molecular weight is 732 g/mol. The normalized spacial score (nSPS) is 19.8. The Hall–Kier alpha value is -0.0100. The number of hydrogen-bond acceptors (Lipinski definition) is 7. The molecule has 0 aromatic heterocycles. The lowest BCUT2D eigenvalue weighted by Crippen LogP contribution is -2.61. The number of phosphoric acid groups is 1. The molecule has 0 bridgehead atoms. The quantitative estimate of drug-likeness (QED) is 0.123. The van der Waals surface area contributed by atoms with Crippen molar-refractivity contribution < 1.29 is 18.4 Å². The maximum absolute atomic E-state index is 16.2. The standard InChI is InChI=1S/C42H90N3O4P/c1-31(2)43(40(25,37(16,17)18)28-34(7,8)9)47-50(46,48-44(32(3)4)41(26,38(19,20)21)29-35(10,11)12)49-45(33(5)6)42(27,39(22,23)24)30-36(13,14)15/h31-33H,28-30H2,1-27H3. The maximum atomic E-state index is 16.2. The predicted molar refractivity (Wildman–Crippen MR) is 218 cm³/mol. The van der Waals surface area contributed by atoms with E-state index in [9.17, 15) is 0 Å². The third-order valence-corrected chi connectivity index (χ3v) is 12.0. The lowest BCUT2D eigenvalue weighted by atomic mass is 9.66. The molecule has 8 heteroatoms. The van der Waals surface area contributed by atoms with E-state index >= 15 is 4.57 Å². The van der Waals surface area contributed by atoms with Crippen molar-refractivity contribution in [1.82, 2.24) is 15.2 Å². The lowest BCUT2D eigenvalue weighted by molar-refractivity contribution is -0.291. The first-order chi connectivity index (χ1) is 21.5. The van der Waals surface area contributed by atoms with Crippen LogP contribution in [0.25, 0.3) is 0 Å². The van der Waals surface area contributed by atoms with Crippen LogP contribution in [0.2, 0.25) is 0 Å². The molecule has 3 unspecified atom stereocenters. The second-order valence-corrected chi connectivity index (χ2v) is 25.1. The molecular weight excluding hydrogens is 641 g/mol. The predicted octanol–water partition coefficient (Wildman–Crippen LogP) is 13.7. The van der Waals surface area contributed by atoms with Crippen LogP contribution in [0.5, 0.6) is 0 Å². The summed E-state index contributed by atoms with van der Waals surface area (Å²) in [6.45, 7) is 59.8. The molecule has 3 atom stereocenters. The van der Waals surface area contributed by atoms with Crippen LogP contribution in [0.15, 0.2) is 0 Å². The molecule has 0 fully saturated rings. The van der Waals surface area contributed by atoms with E-state index in [-0.39, 0.29) is 50.6 Å². The minimum atomic E-state index is -4.47. The van der Waals surface area contributed by atoms with Crippen molar-refractivity contribution in [3.8, 4) is 0 Å². The second kappa shape index (κ2) is 16.0. The van der Waals surface area contributed by atoms with Crippen LogP contribution in [0.1, 0.15) is 206 Å². The van der Waals surface area contributed by atoms with Crippen LogP contribution >= 0.6 is 7.82 Å². The van der Waals surface area contributed by atoms with Crippen LogP contribution in [0, 0.1) is 32.5 Å². The zero-order chi connectivity index (χ0) is 40.7. The highest BCUT2D eigenvalue weighted by Crippen LogP contribution is 2.61. The molecule has 0 heterocycles. The summed E-state index contributed by atoms with van der Waals surface area (Å²) in [6.07, 6.45) is 2.41. The summed E-state index contributed by atoms with van der Waals surface area (Å²) in [4.78, 5) is 0. The van der Waals surface area contributed by atoms with Crippen LogP contribution < -0.4 is 0 Å². The molecule has 7 nitrogen and oxygen atoms in total. The van der Waals surface area contributed by atoms with E-state index in [2.05, 4.69) is 187 Å². The van der Waals surface area contributed by atoms with Gasteiger partial charge in [0.15, 0.2) is 0 Å². The SMILES string of the molecule is CC(C)N(OP(=O)(ON(C(C)C)C(C)(CC(C)(C)C)C(C)(C)C)ON(C(C)C)C(C)(CC(C)(C)C)C(C)(C)C)C(C)(CC(C)(C)C)C(C)(C)C. The Balaban J connectivity index is 8.16. The minimum Gasteiger partial charge on any atom is -0.223 e. The summed E-state index contributed by atoms with van der Waals surface area (Å²) in [5, 5.41) is 5.85. The molecule has 0 rings (SSSR count). The molecule has 0 aromatic carbocycles. The van der Waals surface area contributed by atoms with Crippen LogP contribution in [0.3, 0.4) is 0 Å². The third-order valence-electron chi connectivity index (χ3n) is 10.9. The van der Waals surface area contributed by atoms with E-state index in [0.29, 0.717) is 0 Å². The van der Waals surface area contributed by atoms with Gasteiger partial charge >= 0.3 is 7.82 Å². The molecule has 0 amide bonds. The number of nitrogens with zero attached hydrogens (tertiary/aromatic N) is 3. The van der Waals surface area contributed by atoms with Gasteiger partial charge in [0.25, 0.3) is 0 Å². The van der Waals surface area contributed by atoms with E-state index in [4.69, 9.17) is 13.9 Å². The first-order valence-electron chi connectivity index (χ1n) is 19.6. The molecule has 0 aliphatic carbocycles. The molecular formula is C42H90N3O4P. The number of rotatable bonds is 15. The summed E-state index contributed by atoms with van der Waals surface area (Å²) in [6, 6.07) is -0.391. The van der Waals surface area contributed by atoms with Crippen LogP contribution in [0.4, 0.5) is 0 Å². The Labute approximate surface area is 314 Å². The molecule has 0 aliphatic rings. The van der Waals surface area contributed by atoms with Gasteiger partial charge in [-0.3, -0.25) is 0 Å².